The molecule has 110 valence electrons. The first-order valence-corrected chi connectivity index (χ1v) is 7.70. The van der Waals surface area contributed by atoms with E-state index in [9.17, 15) is 9.59 Å². The number of benzene rings is 1. The molecule has 1 atom stereocenters. The van der Waals surface area contributed by atoms with Crippen LogP contribution < -0.4 is 5.32 Å². The molecule has 0 fully saturated rings. The molecule has 0 bridgehead atoms. The zero-order chi connectivity index (χ0) is 15.0. The first-order chi connectivity index (χ1) is 9.47. The van der Waals surface area contributed by atoms with Crippen LogP contribution in [0.25, 0.3) is 0 Å². The number of amides is 1. The molecule has 1 amide bonds. The lowest BCUT2D eigenvalue weighted by Crippen LogP contribution is -2.29. The Morgan fingerprint density at radius 2 is 2.00 bits per heavy atom. The molecular formula is C14H18ClNO3S. The van der Waals surface area contributed by atoms with E-state index in [1.807, 2.05) is 24.3 Å². The van der Waals surface area contributed by atoms with Crippen molar-refractivity contribution in [3.63, 3.8) is 0 Å². The Balaban J connectivity index is 2.17. The third kappa shape index (κ3) is 7.40. The van der Waals surface area contributed by atoms with Crippen LogP contribution in [0.2, 0.25) is 5.02 Å². The summed E-state index contributed by atoms with van der Waals surface area (Å²) < 4.78 is 0. The molecule has 2 N–H and O–H groups in total. The van der Waals surface area contributed by atoms with Gasteiger partial charge in [0.05, 0.1) is 0 Å². The summed E-state index contributed by atoms with van der Waals surface area (Å²) in [7, 11) is 0. The Labute approximate surface area is 127 Å². The van der Waals surface area contributed by atoms with E-state index in [0.717, 1.165) is 4.90 Å². The van der Waals surface area contributed by atoms with Crippen LogP contribution in [0.15, 0.2) is 29.2 Å². The summed E-state index contributed by atoms with van der Waals surface area (Å²) in [4.78, 5) is 23.1. The normalized spacial score (nSPS) is 11.9. The number of carboxylic acid groups (broad SMARTS) is 1. The maximum absolute atomic E-state index is 11.6. The lowest BCUT2D eigenvalue weighted by molar-refractivity contribution is -0.138. The summed E-state index contributed by atoms with van der Waals surface area (Å²) in [6.45, 7) is 2.20. The van der Waals surface area contributed by atoms with Crippen molar-refractivity contribution in [1.29, 1.82) is 0 Å². The molecule has 6 heteroatoms. The van der Waals surface area contributed by atoms with Crippen LogP contribution in [-0.4, -0.2) is 29.3 Å². The molecule has 4 nitrogen and oxygen atoms in total. The number of rotatable bonds is 8. The van der Waals surface area contributed by atoms with Crippen LogP contribution in [-0.2, 0) is 9.59 Å². The Morgan fingerprint density at radius 1 is 1.35 bits per heavy atom. The quantitative estimate of drug-likeness (QED) is 0.724. The molecule has 0 heterocycles. The topological polar surface area (TPSA) is 66.4 Å². The highest BCUT2D eigenvalue weighted by Crippen LogP contribution is 2.20. The highest BCUT2D eigenvalue weighted by atomic mass is 35.5. The molecule has 0 aliphatic heterocycles. The largest absolute Gasteiger partial charge is 0.481 e. The molecule has 0 saturated heterocycles. The first-order valence-electron chi connectivity index (χ1n) is 6.34. The minimum Gasteiger partial charge on any atom is -0.481 e. The van der Waals surface area contributed by atoms with Gasteiger partial charge in [0.15, 0.2) is 0 Å². The molecule has 0 aliphatic rings. The molecule has 1 aromatic carbocycles. The van der Waals surface area contributed by atoms with Crippen LogP contribution in [0.3, 0.4) is 0 Å². The summed E-state index contributed by atoms with van der Waals surface area (Å²) in [5, 5.41) is 12.1. The molecule has 0 spiro atoms. The van der Waals surface area contributed by atoms with E-state index in [1.165, 1.54) is 0 Å². The Hall–Kier alpha value is -1.20. The Morgan fingerprint density at radius 3 is 2.60 bits per heavy atom. The summed E-state index contributed by atoms with van der Waals surface area (Å²) in [6, 6.07) is 7.47. The van der Waals surface area contributed by atoms with Crippen molar-refractivity contribution in [3.8, 4) is 0 Å². The predicted octanol–water partition coefficient (Wildman–Crippen LogP) is 3.05. The van der Waals surface area contributed by atoms with E-state index in [2.05, 4.69) is 5.32 Å². The van der Waals surface area contributed by atoms with Gasteiger partial charge in [-0.3, -0.25) is 9.59 Å². The van der Waals surface area contributed by atoms with Gasteiger partial charge >= 0.3 is 5.97 Å². The number of carbonyl (C=O) groups is 2. The predicted molar refractivity (Wildman–Crippen MR) is 81.2 cm³/mol. The van der Waals surface area contributed by atoms with E-state index in [1.54, 1.807) is 18.7 Å². The summed E-state index contributed by atoms with van der Waals surface area (Å²) in [5.41, 5.74) is 0. The standard InChI is InChI=1S/C14H18ClNO3S/c1-10(8-14(18)19)9-16-13(17)6-7-20-12-4-2-11(15)3-5-12/h2-5,10H,6-9H2,1H3,(H,16,17)(H,18,19). The second kappa shape index (κ2) is 8.87. The van der Waals surface area contributed by atoms with Crippen molar-refractivity contribution in [2.24, 2.45) is 5.92 Å². The van der Waals surface area contributed by atoms with Crippen LogP contribution >= 0.6 is 23.4 Å². The number of hydrogen-bond donors (Lipinski definition) is 2. The molecule has 0 aromatic heterocycles. The second-order valence-corrected chi connectivity index (χ2v) is 6.16. The number of aliphatic carboxylic acids is 1. The van der Waals surface area contributed by atoms with Crippen molar-refractivity contribution in [2.75, 3.05) is 12.3 Å². The highest BCUT2D eigenvalue weighted by molar-refractivity contribution is 7.99. The minimum absolute atomic E-state index is 0.0521. The molecule has 1 rings (SSSR count). The van der Waals surface area contributed by atoms with Crippen molar-refractivity contribution in [2.45, 2.75) is 24.7 Å². The minimum atomic E-state index is -0.843. The van der Waals surface area contributed by atoms with Crippen LogP contribution in [0.4, 0.5) is 0 Å². The van der Waals surface area contributed by atoms with Crippen molar-refractivity contribution < 1.29 is 14.7 Å². The number of nitrogens with one attached hydrogen (secondary N) is 1. The van der Waals surface area contributed by atoms with Gasteiger partial charge in [-0.05, 0) is 30.2 Å². The number of halogens is 1. The number of carboxylic acids is 1. The smallest absolute Gasteiger partial charge is 0.303 e. The van der Waals surface area contributed by atoms with Crippen LogP contribution in [0.5, 0.6) is 0 Å². The summed E-state index contributed by atoms with van der Waals surface area (Å²) in [5.74, 6) is -0.269. The Kier molecular flexibility index (Phi) is 7.47. The maximum Gasteiger partial charge on any atom is 0.303 e. The molecule has 0 aliphatic carbocycles. The average molecular weight is 316 g/mol. The van der Waals surface area contributed by atoms with Gasteiger partial charge in [0, 0.05) is 35.1 Å². The van der Waals surface area contributed by atoms with E-state index < -0.39 is 5.97 Å². The van der Waals surface area contributed by atoms with Crippen molar-refractivity contribution in [3.05, 3.63) is 29.3 Å². The van der Waals surface area contributed by atoms with E-state index in [-0.39, 0.29) is 18.2 Å². The monoisotopic (exact) mass is 315 g/mol. The van der Waals surface area contributed by atoms with Gasteiger partial charge in [0.2, 0.25) is 5.91 Å². The third-order valence-corrected chi connectivity index (χ3v) is 3.85. The van der Waals surface area contributed by atoms with Gasteiger partial charge in [-0.25, -0.2) is 0 Å². The van der Waals surface area contributed by atoms with Gasteiger partial charge in [-0.2, -0.15) is 0 Å². The zero-order valence-corrected chi connectivity index (χ0v) is 12.8. The lowest BCUT2D eigenvalue weighted by atomic mass is 10.1. The van der Waals surface area contributed by atoms with Gasteiger partial charge in [-0.15, -0.1) is 11.8 Å². The fourth-order valence-corrected chi connectivity index (χ4v) is 2.52. The fraction of sp³-hybridized carbons (Fsp3) is 0.429. The summed E-state index contributed by atoms with van der Waals surface area (Å²) in [6.07, 6.45) is 0.479. The Bertz CT molecular complexity index is 450. The molecule has 0 radical (unpaired) electrons. The fourth-order valence-electron chi connectivity index (χ4n) is 1.54. The van der Waals surface area contributed by atoms with Crippen LogP contribution in [0.1, 0.15) is 19.8 Å². The van der Waals surface area contributed by atoms with Crippen molar-refractivity contribution in [1.82, 2.24) is 5.32 Å². The third-order valence-electron chi connectivity index (χ3n) is 2.58. The lowest BCUT2D eigenvalue weighted by Gasteiger charge is -2.10. The van der Waals surface area contributed by atoms with Gasteiger partial charge in [0.1, 0.15) is 0 Å². The molecule has 1 unspecified atom stereocenters. The van der Waals surface area contributed by atoms with E-state index >= 15 is 0 Å². The van der Waals surface area contributed by atoms with Crippen LogP contribution in [0, 0.1) is 5.92 Å². The molecule has 0 saturated carbocycles. The molecule has 20 heavy (non-hydrogen) atoms. The van der Waals surface area contributed by atoms with Crippen molar-refractivity contribution >= 4 is 35.2 Å². The van der Waals surface area contributed by atoms with E-state index in [4.69, 9.17) is 16.7 Å². The molecule has 1 aromatic rings. The zero-order valence-electron chi connectivity index (χ0n) is 11.3. The second-order valence-electron chi connectivity index (χ2n) is 4.56. The summed E-state index contributed by atoms with van der Waals surface area (Å²) >= 11 is 7.38. The first kappa shape index (κ1) is 16.9. The number of hydrogen-bond acceptors (Lipinski definition) is 3. The maximum atomic E-state index is 11.6. The highest BCUT2D eigenvalue weighted by Gasteiger charge is 2.09. The number of carbonyl (C=O) groups excluding carboxylic acids is 1. The SMILES string of the molecule is CC(CNC(=O)CCSc1ccc(Cl)cc1)CC(=O)O. The van der Waals surface area contributed by atoms with E-state index in [0.29, 0.717) is 23.7 Å². The average Bonchev–Trinajstić information content (AvgIpc) is 2.38. The number of thioether (sulfide) groups is 1. The van der Waals surface area contributed by atoms with Gasteiger partial charge < -0.3 is 10.4 Å². The van der Waals surface area contributed by atoms with Gasteiger partial charge in [0.25, 0.3) is 0 Å². The van der Waals surface area contributed by atoms with Gasteiger partial charge in [-0.1, -0.05) is 18.5 Å². The molecular weight excluding hydrogens is 298 g/mol.